The van der Waals surface area contributed by atoms with Crippen LogP contribution in [0.1, 0.15) is 59.9 Å². The first-order valence-electron chi connectivity index (χ1n) is 10.6. The lowest BCUT2D eigenvalue weighted by atomic mass is 10.1. The van der Waals surface area contributed by atoms with E-state index in [9.17, 15) is 9.59 Å². The minimum Gasteiger partial charge on any atom is -0.461 e. The van der Waals surface area contributed by atoms with Crippen molar-refractivity contribution in [3.8, 4) is 19.5 Å². The second kappa shape index (κ2) is 11.1. The van der Waals surface area contributed by atoms with Gasteiger partial charge in [0, 0.05) is 19.5 Å². The summed E-state index contributed by atoms with van der Waals surface area (Å²) in [6, 6.07) is 11.7. The summed E-state index contributed by atoms with van der Waals surface area (Å²) in [4.78, 5) is 30.0. The van der Waals surface area contributed by atoms with Crippen LogP contribution in [0.3, 0.4) is 0 Å². The van der Waals surface area contributed by atoms with E-state index in [0.717, 1.165) is 32.4 Å². The molecule has 0 saturated carbocycles. The standard InChI is InChI=1S/C24H28O4S3/c1-5-15(3)13-27-23(25)21-11-9-19(30-21)17-7-8-18(29-17)20-10-12-22(31-20)24(26)28-14-16(4)6-2/h7-12,15-16H,5-6,13-14H2,1-4H3/t15-,16-/m0/s1. The Balaban J connectivity index is 1.65. The molecule has 31 heavy (non-hydrogen) atoms. The molecule has 0 aliphatic heterocycles. The van der Waals surface area contributed by atoms with Crippen molar-refractivity contribution in [1.82, 2.24) is 0 Å². The predicted octanol–water partition coefficient (Wildman–Crippen LogP) is 7.61. The van der Waals surface area contributed by atoms with Crippen LogP contribution in [-0.2, 0) is 9.47 Å². The fourth-order valence-electron chi connectivity index (χ4n) is 2.58. The highest BCUT2D eigenvalue weighted by Crippen LogP contribution is 2.40. The molecule has 3 aromatic rings. The topological polar surface area (TPSA) is 52.6 Å². The van der Waals surface area contributed by atoms with Crippen LogP contribution in [0.2, 0.25) is 0 Å². The molecular weight excluding hydrogens is 448 g/mol. The molecule has 3 aromatic heterocycles. The van der Waals surface area contributed by atoms with Gasteiger partial charge in [-0.1, -0.05) is 40.5 Å². The highest BCUT2D eigenvalue weighted by Gasteiger charge is 2.16. The number of esters is 2. The van der Waals surface area contributed by atoms with Crippen LogP contribution in [0, 0.1) is 11.8 Å². The first-order chi connectivity index (χ1) is 14.9. The zero-order valence-electron chi connectivity index (χ0n) is 18.3. The highest BCUT2D eigenvalue weighted by molar-refractivity contribution is 7.27. The molecule has 0 saturated heterocycles. The van der Waals surface area contributed by atoms with Gasteiger partial charge in [-0.2, -0.15) is 0 Å². The van der Waals surface area contributed by atoms with Crippen molar-refractivity contribution in [2.45, 2.75) is 40.5 Å². The van der Waals surface area contributed by atoms with Gasteiger partial charge in [0.05, 0.1) is 13.2 Å². The molecular formula is C24H28O4S3. The molecule has 3 rings (SSSR count). The molecule has 7 heteroatoms. The number of rotatable bonds is 10. The molecule has 3 heterocycles. The summed E-state index contributed by atoms with van der Waals surface area (Å²) in [6.45, 7) is 9.22. The van der Waals surface area contributed by atoms with E-state index in [4.69, 9.17) is 9.47 Å². The summed E-state index contributed by atoms with van der Waals surface area (Å²) >= 11 is 4.55. The van der Waals surface area contributed by atoms with Gasteiger partial charge in [-0.25, -0.2) is 9.59 Å². The molecule has 2 atom stereocenters. The summed E-state index contributed by atoms with van der Waals surface area (Å²) in [7, 11) is 0. The maximum absolute atomic E-state index is 12.3. The third kappa shape index (κ3) is 6.28. The summed E-state index contributed by atoms with van der Waals surface area (Å²) in [5, 5.41) is 0. The van der Waals surface area contributed by atoms with Gasteiger partial charge < -0.3 is 9.47 Å². The number of carbonyl (C=O) groups excluding carboxylic acids is 2. The Bertz CT molecular complexity index is 935. The summed E-state index contributed by atoms with van der Waals surface area (Å²) in [6.07, 6.45) is 1.97. The summed E-state index contributed by atoms with van der Waals surface area (Å²) in [5.41, 5.74) is 0. The van der Waals surface area contributed by atoms with Gasteiger partial charge >= 0.3 is 11.9 Å². The van der Waals surface area contributed by atoms with Crippen molar-refractivity contribution in [2.75, 3.05) is 13.2 Å². The monoisotopic (exact) mass is 476 g/mol. The fraction of sp³-hybridized carbons (Fsp3) is 0.417. The van der Waals surface area contributed by atoms with Crippen LogP contribution in [0.5, 0.6) is 0 Å². The Kier molecular flexibility index (Phi) is 8.46. The van der Waals surface area contributed by atoms with E-state index < -0.39 is 0 Å². The zero-order valence-corrected chi connectivity index (χ0v) is 20.8. The first kappa shape index (κ1) is 23.7. The van der Waals surface area contributed by atoms with Gasteiger partial charge in [0.2, 0.25) is 0 Å². The molecule has 0 unspecified atom stereocenters. The second-order valence-electron chi connectivity index (χ2n) is 7.72. The third-order valence-corrected chi connectivity index (χ3v) is 8.71. The molecule has 0 aliphatic rings. The SMILES string of the molecule is CC[C@H](C)COC(=O)c1ccc(-c2ccc(-c3ccc(C(=O)OC[C@@H](C)CC)s3)s2)s1. The van der Waals surface area contributed by atoms with E-state index in [0.29, 0.717) is 34.8 Å². The van der Waals surface area contributed by atoms with Crippen LogP contribution in [0.15, 0.2) is 36.4 Å². The lowest BCUT2D eigenvalue weighted by molar-refractivity contribution is 0.0444. The van der Waals surface area contributed by atoms with Gasteiger partial charge in [0.25, 0.3) is 0 Å². The van der Waals surface area contributed by atoms with Crippen molar-refractivity contribution < 1.29 is 19.1 Å². The molecule has 0 fully saturated rings. The number of carbonyl (C=O) groups is 2. The van der Waals surface area contributed by atoms with Gasteiger partial charge in [-0.05, 0) is 48.2 Å². The maximum Gasteiger partial charge on any atom is 0.348 e. The van der Waals surface area contributed by atoms with Crippen molar-refractivity contribution in [3.05, 3.63) is 46.2 Å². The largest absolute Gasteiger partial charge is 0.461 e. The number of hydrogen-bond donors (Lipinski definition) is 0. The van der Waals surface area contributed by atoms with E-state index >= 15 is 0 Å². The first-order valence-corrected chi connectivity index (χ1v) is 13.0. The average Bonchev–Trinajstić information content (AvgIpc) is 3.54. The lowest BCUT2D eigenvalue weighted by Gasteiger charge is -2.08. The molecule has 0 aromatic carbocycles. The summed E-state index contributed by atoms with van der Waals surface area (Å²) < 4.78 is 10.8. The Morgan fingerprint density at radius 1 is 0.677 bits per heavy atom. The molecule has 0 radical (unpaired) electrons. The Hall–Kier alpha value is -1.96. The average molecular weight is 477 g/mol. The van der Waals surface area contributed by atoms with E-state index in [1.54, 1.807) is 11.3 Å². The normalized spacial score (nSPS) is 13.0. The molecule has 0 amide bonds. The van der Waals surface area contributed by atoms with Crippen LogP contribution < -0.4 is 0 Å². The molecule has 0 spiro atoms. The van der Waals surface area contributed by atoms with Crippen molar-refractivity contribution in [1.29, 1.82) is 0 Å². The Labute approximate surface area is 195 Å². The van der Waals surface area contributed by atoms with Gasteiger partial charge in [0.1, 0.15) is 9.75 Å². The Morgan fingerprint density at radius 3 is 1.42 bits per heavy atom. The van der Waals surface area contributed by atoms with Crippen molar-refractivity contribution in [3.63, 3.8) is 0 Å². The lowest BCUT2D eigenvalue weighted by Crippen LogP contribution is -2.10. The van der Waals surface area contributed by atoms with Crippen LogP contribution in [-0.4, -0.2) is 25.2 Å². The molecule has 0 N–H and O–H groups in total. The Morgan fingerprint density at radius 2 is 1.03 bits per heavy atom. The molecule has 0 bridgehead atoms. The minimum absolute atomic E-state index is 0.257. The van der Waals surface area contributed by atoms with E-state index in [2.05, 4.69) is 39.8 Å². The number of hydrogen-bond acceptors (Lipinski definition) is 7. The van der Waals surface area contributed by atoms with Gasteiger partial charge in [-0.3, -0.25) is 0 Å². The summed E-state index contributed by atoms with van der Waals surface area (Å²) in [5.74, 6) is 0.219. The van der Waals surface area contributed by atoms with Gasteiger partial charge in [0.15, 0.2) is 0 Å². The van der Waals surface area contributed by atoms with Crippen LogP contribution in [0.25, 0.3) is 19.5 Å². The van der Waals surface area contributed by atoms with E-state index in [1.165, 1.54) is 22.7 Å². The zero-order chi connectivity index (χ0) is 22.4. The van der Waals surface area contributed by atoms with Crippen molar-refractivity contribution >= 4 is 45.9 Å². The second-order valence-corrected chi connectivity index (χ2v) is 11.0. The van der Waals surface area contributed by atoms with Crippen molar-refractivity contribution in [2.24, 2.45) is 11.8 Å². The van der Waals surface area contributed by atoms with Crippen LogP contribution >= 0.6 is 34.0 Å². The number of ether oxygens (including phenoxy) is 2. The highest BCUT2D eigenvalue weighted by atomic mass is 32.1. The smallest absolute Gasteiger partial charge is 0.348 e. The van der Waals surface area contributed by atoms with Gasteiger partial charge in [-0.15, -0.1) is 34.0 Å². The molecule has 0 aliphatic carbocycles. The minimum atomic E-state index is -0.257. The fourth-order valence-corrected chi connectivity index (χ4v) is 5.56. The molecule has 166 valence electrons. The quantitative estimate of drug-likeness (QED) is 0.283. The number of thiophene rings is 3. The molecule has 4 nitrogen and oxygen atoms in total. The third-order valence-electron chi connectivity index (χ3n) is 5.10. The van der Waals surface area contributed by atoms with Crippen LogP contribution in [0.4, 0.5) is 0 Å². The maximum atomic E-state index is 12.3. The predicted molar refractivity (Wildman–Crippen MR) is 130 cm³/mol. The van der Waals surface area contributed by atoms with E-state index in [-0.39, 0.29) is 11.9 Å². The van der Waals surface area contributed by atoms with E-state index in [1.807, 2.05) is 24.3 Å².